The number of nitrogens with one attached hydrogen (secondary N) is 1. The molecule has 6 nitrogen and oxygen atoms in total. The van der Waals surface area contributed by atoms with Gasteiger partial charge in [-0.25, -0.2) is 8.42 Å². The summed E-state index contributed by atoms with van der Waals surface area (Å²) in [6.45, 7) is 3.43. The molecule has 33 heavy (non-hydrogen) atoms. The number of anilines is 1. The molecule has 172 valence electrons. The zero-order valence-electron chi connectivity index (χ0n) is 18.4. The van der Waals surface area contributed by atoms with Crippen LogP contribution in [-0.2, 0) is 27.8 Å². The lowest BCUT2D eigenvalue weighted by Crippen LogP contribution is -2.41. The van der Waals surface area contributed by atoms with Crippen molar-refractivity contribution in [2.75, 3.05) is 10.8 Å². The van der Waals surface area contributed by atoms with Crippen molar-refractivity contribution < 1.29 is 18.0 Å². The Hall–Kier alpha value is -3.16. The fourth-order valence-electron chi connectivity index (χ4n) is 3.35. The summed E-state index contributed by atoms with van der Waals surface area (Å²) in [5, 5.41) is 3.14. The molecule has 8 heteroatoms. The molecule has 0 aliphatic rings. The highest BCUT2D eigenvalue weighted by atomic mass is 35.5. The molecule has 0 bridgehead atoms. The van der Waals surface area contributed by atoms with Gasteiger partial charge in [-0.1, -0.05) is 54.9 Å². The lowest BCUT2D eigenvalue weighted by Gasteiger charge is -2.26. The molecule has 3 aromatic rings. The fraction of sp³-hybridized carbons (Fsp3) is 0.200. The summed E-state index contributed by atoms with van der Waals surface area (Å²) in [5.74, 6) is -0.486. The highest BCUT2D eigenvalue weighted by molar-refractivity contribution is 7.92. The van der Waals surface area contributed by atoms with Gasteiger partial charge in [0.15, 0.2) is 0 Å². The number of benzene rings is 3. The smallest absolute Gasteiger partial charge is 0.264 e. The highest BCUT2D eigenvalue weighted by Crippen LogP contribution is 2.31. The van der Waals surface area contributed by atoms with Crippen molar-refractivity contribution in [3.8, 4) is 0 Å². The third kappa shape index (κ3) is 5.80. The third-order valence-corrected chi connectivity index (χ3v) is 7.47. The summed E-state index contributed by atoms with van der Waals surface area (Å²) >= 11 is 6.25. The van der Waals surface area contributed by atoms with Crippen molar-refractivity contribution in [3.05, 3.63) is 94.0 Å². The van der Waals surface area contributed by atoms with Crippen LogP contribution in [0.2, 0.25) is 5.02 Å². The summed E-state index contributed by atoms with van der Waals surface area (Å²) < 4.78 is 28.2. The maximum Gasteiger partial charge on any atom is 0.264 e. The van der Waals surface area contributed by atoms with Crippen LogP contribution in [0, 0.1) is 6.92 Å². The fourth-order valence-corrected chi connectivity index (χ4v) is 5.00. The maximum atomic E-state index is 13.6. The number of carbonyl (C=O) groups excluding carboxylic acids is 2. The van der Waals surface area contributed by atoms with Crippen molar-refractivity contribution in [3.63, 3.8) is 0 Å². The molecule has 0 fully saturated rings. The van der Waals surface area contributed by atoms with E-state index in [1.165, 1.54) is 0 Å². The number of nitrogens with zero attached hydrogens (tertiary/aromatic N) is 1. The molecular weight excluding hydrogens is 460 g/mol. The monoisotopic (exact) mass is 484 g/mol. The number of hydrogen-bond donors (Lipinski definition) is 1. The topological polar surface area (TPSA) is 83.6 Å². The van der Waals surface area contributed by atoms with Crippen LogP contribution in [0.25, 0.3) is 0 Å². The van der Waals surface area contributed by atoms with Crippen LogP contribution in [0.3, 0.4) is 0 Å². The van der Waals surface area contributed by atoms with Gasteiger partial charge in [0, 0.05) is 17.1 Å². The van der Waals surface area contributed by atoms with Gasteiger partial charge in [-0.05, 0) is 60.4 Å². The normalized spacial score (nSPS) is 11.1. The highest BCUT2D eigenvalue weighted by Gasteiger charge is 2.28. The van der Waals surface area contributed by atoms with Crippen LogP contribution < -0.4 is 9.62 Å². The zero-order valence-corrected chi connectivity index (χ0v) is 20.0. The molecule has 3 rings (SSSR count). The van der Waals surface area contributed by atoms with Crippen LogP contribution >= 0.6 is 11.6 Å². The quantitative estimate of drug-likeness (QED) is 0.452. The van der Waals surface area contributed by atoms with Gasteiger partial charge in [-0.2, -0.15) is 0 Å². The van der Waals surface area contributed by atoms with Gasteiger partial charge in [0.1, 0.15) is 12.8 Å². The molecule has 0 unspecified atom stereocenters. The first-order chi connectivity index (χ1) is 15.8. The molecule has 0 heterocycles. The van der Waals surface area contributed by atoms with E-state index in [-0.39, 0.29) is 11.4 Å². The number of sulfonamides is 1. The van der Waals surface area contributed by atoms with Gasteiger partial charge >= 0.3 is 0 Å². The molecule has 1 N–H and O–H groups in total. The second kappa shape index (κ2) is 10.6. The number of amides is 1. The van der Waals surface area contributed by atoms with E-state index >= 15 is 0 Å². The van der Waals surface area contributed by atoms with Crippen LogP contribution in [0.5, 0.6) is 0 Å². The molecule has 0 saturated carbocycles. The van der Waals surface area contributed by atoms with E-state index in [4.69, 9.17) is 11.6 Å². The zero-order chi connectivity index (χ0) is 24.0. The molecule has 0 saturated heterocycles. The number of rotatable bonds is 9. The van der Waals surface area contributed by atoms with E-state index in [0.29, 0.717) is 21.8 Å². The minimum Gasteiger partial charge on any atom is -0.350 e. The number of halogens is 1. The molecule has 0 aliphatic heterocycles. The summed E-state index contributed by atoms with van der Waals surface area (Å²) in [6.07, 6.45) is 1.51. The summed E-state index contributed by atoms with van der Waals surface area (Å²) in [6, 6.07) is 18.4. The van der Waals surface area contributed by atoms with E-state index in [9.17, 15) is 18.0 Å². The molecule has 3 aromatic carbocycles. The molecule has 0 spiro atoms. The standard InChI is InChI=1S/C25H25ClN2O4S/c1-3-19-10-12-22(13-11-19)33(31,32)28(24-9-5-8-23(26)18(24)2)16-25(30)27-15-20-6-4-7-21(14-20)17-29/h4-14,17H,3,15-16H2,1-2H3,(H,27,30). The molecule has 0 aromatic heterocycles. The Balaban J connectivity index is 1.90. The molecule has 0 atom stereocenters. The Labute approximate surface area is 199 Å². The molecule has 1 amide bonds. The predicted molar refractivity (Wildman–Crippen MR) is 130 cm³/mol. The maximum absolute atomic E-state index is 13.6. The largest absolute Gasteiger partial charge is 0.350 e. The number of aryl methyl sites for hydroxylation is 1. The Morgan fingerprint density at radius 3 is 2.39 bits per heavy atom. The van der Waals surface area contributed by atoms with Crippen LogP contribution in [-0.4, -0.2) is 27.2 Å². The van der Waals surface area contributed by atoms with Crippen molar-refractivity contribution >= 4 is 39.5 Å². The van der Waals surface area contributed by atoms with Gasteiger partial charge in [0.25, 0.3) is 10.0 Å². The van der Waals surface area contributed by atoms with E-state index < -0.39 is 22.5 Å². The van der Waals surface area contributed by atoms with Crippen LogP contribution in [0.15, 0.2) is 71.6 Å². The average Bonchev–Trinajstić information content (AvgIpc) is 2.83. The van der Waals surface area contributed by atoms with Gasteiger partial charge < -0.3 is 5.32 Å². The van der Waals surface area contributed by atoms with Gasteiger partial charge in [-0.3, -0.25) is 13.9 Å². The van der Waals surface area contributed by atoms with Gasteiger partial charge in [-0.15, -0.1) is 0 Å². The number of hydrogen-bond acceptors (Lipinski definition) is 4. The average molecular weight is 485 g/mol. The van der Waals surface area contributed by atoms with Crippen LogP contribution in [0.1, 0.15) is 34.0 Å². The first-order valence-corrected chi connectivity index (χ1v) is 12.3. The first kappa shape index (κ1) is 24.5. The Morgan fingerprint density at radius 1 is 1.03 bits per heavy atom. The van der Waals surface area contributed by atoms with Crippen LogP contribution in [0.4, 0.5) is 5.69 Å². The second-order valence-electron chi connectivity index (χ2n) is 7.53. The Bertz CT molecular complexity index is 1260. The van der Waals surface area contributed by atoms with Crippen molar-refractivity contribution in [2.45, 2.75) is 31.7 Å². The summed E-state index contributed by atoms with van der Waals surface area (Å²) in [4.78, 5) is 23.9. The van der Waals surface area contributed by atoms with Crippen molar-refractivity contribution in [2.24, 2.45) is 0 Å². The van der Waals surface area contributed by atoms with Gasteiger partial charge in [0.05, 0.1) is 10.6 Å². The Kier molecular flexibility index (Phi) is 7.89. The van der Waals surface area contributed by atoms with E-state index in [0.717, 1.165) is 28.1 Å². The minimum absolute atomic E-state index is 0.0885. The van der Waals surface area contributed by atoms with Gasteiger partial charge in [0.2, 0.25) is 5.91 Å². The molecular formula is C25H25ClN2O4S. The lowest BCUT2D eigenvalue weighted by atomic mass is 10.1. The molecule has 0 aliphatic carbocycles. The van der Waals surface area contributed by atoms with Crippen molar-refractivity contribution in [1.82, 2.24) is 5.32 Å². The number of carbonyl (C=O) groups is 2. The van der Waals surface area contributed by atoms with Crippen molar-refractivity contribution in [1.29, 1.82) is 0 Å². The number of aldehydes is 1. The second-order valence-corrected chi connectivity index (χ2v) is 9.80. The molecule has 0 radical (unpaired) electrons. The van der Waals surface area contributed by atoms with E-state index in [1.54, 1.807) is 73.7 Å². The third-order valence-electron chi connectivity index (χ3n) is 5.29. The summed E-state index contributed by atoms with van der Waals surface area (Å²) in [5.41, 5.74) is 3.13. The first-order valence-electron chi connectivity index (χ1n) is 10.4. The van der Waals surface area contributed by atoms with E-state index in [2.05, 4.69) is 5.32 Å². The Morgan fingerprint density at radius 2 is 1.73 bits per heavy atom. The predicted octanol–water partition coefficient (Wildman–Crippen LogP) is 4.54. The summed E-state index contributed by atoms with van der Waals surface area (Å²) in [7, 11) is -4.04. The SMILES string of the molecule is CCc1ccc(S(=O)(=O)N(CC(=O)NCc2cccc(C=O)c2)c2cccc(Cl)c2C)cc1. The minimum atomic E-state index is -4.04. The lowest BCUT2D eigenvalue weighted by molar-refractivity contribution is -0.119. The van der Waals surface area contributed by atoms with E-state index in [1.807, 2.05) is 6.92 Å².